The zero-order valence-corrected chi connectivity index (χ0v) is 52.9. The zero-order chi connectivity index (χ0) is 56.4. The smallest absolute Gasteiger partial charge is 0.305 e. The minimum Gasteiger partial charge on any atom is -0.466 e. The Morgan fingerprint density at radius 1 is 0.346 bits per heavy atom. The van der Waals surface area contributed by atoms with Crippen molar-refractivity contribution in [3.05, 3.63) is 24.3 Å². The lowest BCUT2D eigenvalue weighted by Crippen LogP contribution is -2.45. The monoisotopic (exact) mass is 1100 g/mol. The maximum Gasteiger partial charge on any atom is 0.305 e. The summed E-state index contributed by atoms with van der Waals surface area (Å²) in [6.45, 7) is 4.94. The molecule has 0 aliphatic carbocycles. The van der Waals surface area contributed by atoms with Crippen LogP contribution in [0.3, 0.4) is 0 Å². The Morgan fingerprint density at radius 3 is 0.936 bits per heavy atom. The predicted molar refractivity (Wildman–Crippen MR) is 343 cm³/mol. The van der Waals surface area contributed by atoms with Gasteiger partial charge in [0.2, 0.25) is 5.91 Å². The van der Waals surface area contributed by atoms with Crippen LogP contribution in [0.25, 0.3) is 0 Å². The fourth-order valence-electron chi connectivity index (χ4n) is 11.3. The van der Waals surface area contributed by atoms with Crippen LogP contribution in [-0.4, -0.2) is 47.4 Å². The van der Waals surface area contributed by atoms with E-state index in [0.717, 1.165) is 44.9 Å². The Balaban J connectivity index is 3.29. The van der Waals surface area contributed by atoms with Gasteiger partial charge in [0, 0.05) is 12.8 Å². The van der Waals surface area contributed by atoms with Crippen LogP contribution in [0.4, 0.5) is 0 Å². The Labute approximate surface area is 488 Å². The van der Waals surface area contributed by atoms with Crippen molar-refractivity contribution in [2.75, 3.05) is 13.2 Å². The highest BCUT2D eigenvalue weighted by Crippen LogP contribution is 2.19. The minimum absolute atomic E-state index is 0.0127. The summed E-state index contributed by atoms with van der Waals surface area (Å²) in [7, 11) is 0. The highest BCUT2D eigenvalue weighted by Gasteiger charge is 2.20. The zero-order valence-electron chi connectivity index (χ0n) is 52.9. The first kappa shape index (κ1) is 76.3. The molecule has 0 radical (unpaired) electrons. The SMILES string of the molecule is CCCCC/C=C\CCCCCCCC(=O)OCCCCCCCCCCCCCCCCCCCC/C=C\CCCCCCCCCCCCCCCCCCCC(=O)NC(CO)C(O)CCCCCCCCCCCC. The molecule has 1 amide bonds. The highest BCUT2D eigenvalue weighted by atomic mass is 16.5. The molecule has 6 heteroatoms. The number of esters is 1. The van der Waals surface area contributed by atoms with Crippen LogP contribution in [0, 0.1) is 0 Å². The predicted octanol–water partition coefficient (Wildman–Crippen LogP) is 22.9. The van der Waals surface area contributed by atoms with E-state index in [-0.39, 0.29) is 18.5 Å². The number of rotatable bonds is 67. The molecular formula is C72H139NO5. The third-order valence-corrected chi connectivity index (χ3v) is 16.7. The molecular weight excluding hydrogens is 959 g/mol. The van der Waals surface area contributed by atoms with Crippen molar-refractivity contribution >= 4 is 11.9 Å². The second-order valence-corrected chi connectivity index (χ2v) is 24.6. The van der Waals surface area contributed by atoms with Crippen molar-refractivity contribution in [2.24, 2.45) is 0 Å². The molecule has 0 aliphatic heterocycles. The lowest BCUT2D eigenvalue weighted by Gasteiger charge is -2.22. The molecule has 0 fully saturated rings. The molecule has 0 saturated heterocycles. The van der Waals surface area contributed by atoms with Gasteiger partial charge in [-0.25, -0.2) is 0 Å². The molecule has 0 heterocycles. The van der Waals surface area contributed by atoms with Gasteiger partial charge in [0.25, 0.3) is 0 Å². The van der Waals surface area contributed by atoms with Gasteiger partial charge in [-0.15, -0.1) is 0 Å². The molecule has 3 N–H and O–H groups in total. The summed E-state index contributed by atoms with van der Waals surface area (Å²) in [5, 5.41) is 23.2. The van der Waals surface area contributed by atoms with Crippen LogP contribution in [0.5, 0.6) is 0 Å². The fourth-order valence-corrected chi connectivity index (χ4v) is 11.3. The summed E-state index contributed by atoms with van der Waals surface area (Å²) in [4.78, 5) is 24.5. The van der Waals surface area contributed by atoms with Gasteiger partial charge in [-0.05, 0) is 77.0 Å². The Bertz CT molecular complexity index is 1220. The van der Waals surface area contributed by atoms with Crippen molar-refractivity contribution in [1.82, 2.24) is 5.32 Å². The van der Waals surface area contributed by atoms with Crippen LogP contribution in [0.15, 0.2) is 24.3 Å². The molecule has 0 aromatic rings. The van der Waals surface area contributed by atoms with Crippen LogP contribution >= 0.6 is 0 Å². The van der Waals surface area contributed by atoms with Gasteiger partial charge in [-0.1, -0.05) is 334 Å². The average Bonchev–Trinajstić information content (AvgIpc) is 3.44. The van der Waals surface area contributed by atoms with Gasteiger partial charge in [0.1, 0.15) is 0 Å². The van der Waals surface area contributed by atoms with Gasteiger partial charge in [0.15, 0.2) is 0 Å². The largest absolute Gasteiger partial charge is 0.466 e. The summed E-state index contributed by atoms with van der Waals surface area (Å²) >= 11 is 0. The number of hydrogen-bond acceptors (Lipinski definition) is 5. The number of hydrogen-bond donors (Lipinski definition) is 3. The number of allylic oxidation sites excluding steroid dienone is 4. The summed E-state index contributed by atoms with van der Waals surface area (Å²) in [6.07, 6.45) is 85.5. The summed E-state index contributed by atoms with van der Waals surface area (Å²) in [6, 6.07) is -0.536. The van der Waals surface area contributed by atoms with Gasteiger partial charge in [-0.2, -0.15) is 0 Å². The maximum atomic E-state index is 12.4. The molecule has 78 heavy (non-hydrogen) atoms. The third-order valence-electron chi connectivity index (χ3n) is 16.7. The Kier molecular flexibility index (Phi) is 66.4. The number of unbranched alkanes of at least 4 members (excludes halogenated alkanes) is 52. The molecule has 6 nitrogen and oxygen atoms in total. The van der Waals surface area contributed by atoms with Crippen molar-refractivity contribution in [3.8, 4) is 0 Å². The number of aliphatic hydroxyl groups excluding tert-OH is 2. The number of aliphatic hydroxyl groups is 2. The van der Waals surface area contributed by atoms with Crippen molar-refractivity contribution < 1.29 is 24.5 Å². The lowest BCUT2D eigenvalue weighted by atomic mass is 10.0. The topological polar surface area (TPSA) is 95.9 Å². The molecule has 0 rings (SSSR count). The van der Waals surface area contributed by atoms with Crippen molar-refractivity contribution in [2.45, 2.75) is 411 Å². The molecule has 462 valence electrons. The molecule has 0 saturated carbocycles. The van der Waals surface area contributed by atoms with E-state index in [2.05, 4.69) is 43.5 Å². The first-order valence-electron chi connectivity index (χ1n) is 35.6. The van der Waals surface area contributed by atoms with Gasteiger partial charge in [-0.3, -0.25) is 9.59 Å². The molecule has 0 aromatic heterocycles. The van der Waals surface area contributed by atoms with E-state index in [9.17, 15) is 19.8 Å². The third kappa shape index (κ3) is 63.5. The number of carbonyl (C=O) groups excluding carboxylic acids is 2. The quantitative estimate of drug-likeness (QED) is 0.0320. The number of nitrogens with one attached hydrogen (secondary N) is 1. The Hall–Kier alpha value is -1.66. The van der Waals surface area contributed by atoms with E-state index in [0.29, 0.717) is 25.9 Å². The average molecular weight is 1100 g/mol. The molecule has 0 bridgehead atoms. The van der Waals surface area contributed by atoms with Crippen LogP contribution < -0.4 is 5.32 Å². The standard InChI is InChI=1S/C72H139NO5/c1-3-5-7-9-11-13-15-46-50-54-58-62-66-72(77)78-67-63-59-55-51-47-44-42-40-38-36-34-32-30-28-26-24-22-20-18-16-17-19-21-23-25-27-29-31-33-35-37-39-41-43-45-49-53-57-61-65-71(76)73-69(68-74)70(75)64-60-56-52-48-14-12-10-8-6-4-2/h11,13,16-17,69-70,74-75H,3-10,12,14-15,18-68H2,1-2H3,(H,73,76)/b13-11-,17-16-. The van der Waals surface area contributed by atoms with Crippen molar-refractivity contribution in [1.29, 1.82) is 0 Å². The minimum atomic E-state index is -0.659. The van der Waals surface area contributed by atoms with E-state index >= 15 is 0 Å². The molecule has 0 spiro atoms. The first-order valence-corrected chi connectivity index (χ1v) is 35.6. The van der Waals surface area contributed by atoms with Gasteiger partial charge in [0.05, 0.1) is 25.4 Å². The number of ether oxygens (including phenoxy) is 1. The van der Waals surface area contributed by atoms with Crippen LogP contribution in [0.1, 0.15) is 399 Å². The van der Waals surface area contributed by atoms with Gasteiger partial charge < -0.3 is 20.3 Å². The van der Waals surface area contributed by atoms with Gasteiger partial charge >= 0.3 is 5.97 Å². The second kappa shape index (κ2) is 67.8. The second-order valence-electron chi connectivity index (χ2n) is 24.6. The molecule has 2 atom stereocenters. The molecule has 2 unspecified atom stereocenters. The van der Waals surface area contributed by atoms with E-state index in [1.165, 1.54) is 321 Å². The Morgan fingerprint density at radius 2 is 0.603 bits per heavy atom. The number of carbonyl (C=O) groups is 2. The normalized spacial score (nSPS) is 12.6. The van der Waals surface area contributed by atoms with E-state index in [4.69, 9.17) is 4.74 Å². The molecule has 0 aliphatic rings. The lowest BCUT2D eigenvalue weighted by molar-refractivity contribution is -0.143. The summed E-state index contributed by atoms with van der Waals surface area (Å²) < 4.78 is 5.48. The maximum absolute atomic E-state index is 12.4. The highest BCUT2D eigenvalue weighted by molar-refractivity contribution is 5.76. The summed E-state index contributed by atoms with van der Waals surface area (Å²) in [5.74, 6) is -0.0177. The number of amides is 1. The van der Waals surface area contributed by atoms with Crippen molar-refractivity contribution in [3.63, 3.8) is 0 Å². The van der Waals surface area contributed by atoms with E-state index in [1.54, 1.807) is 0 Å². The fraction of sp³-hybridized carbons (Fsp3) is 0.917. The van der Waals surface area contributed by atoms with E-state index in [1.807, 2.05) is 0 Å². The summed E-state index contributed by atoms with van der Waals surface area (Å²) in [5.41, 5.74) is 0. The van der Waals surface area contributed by atoms with E-state index < -0.39 is 12.1 Å². The molecule has 0 aromatic carbocycles. The first-order chi connectivity index (χ1) is 38.5. The van der Waals surface area contributed by atoms with Crippen LogP contribution in [-0.2, 0) is 14.3 Å². The van der Waals surface area contributed by atoms with Crippen LogP contribution in [0.2, 0.25) is 0 Å².